The van der Waals surface area contributed by atoms with E-state index >= 15 is 0 Å². The number of amides is 2. The third-order valence-corrected chi connectivity index (χ3v) is 6.11. The second-order valence-electron chi connectivity index (χ2n) is 9.23. The topological polar surface area (TPSA) is 94.6 Å². The summed E-state index contributed by atoms with van der Waals surface area (Å²) in [6, 6.07) is 13.0. The maximum absolute atomic E-state index is 13.0. The molecule has 0 bridgehead atoms. The highest BCUT2D eigenvalue weighted by Crippen LogP contribution is 2.19. The Morgan fingerprint density at radius 2 is 2.03 bits per heavy atom. The van der Waals surface area contributed by atoms with Crippen molar-refractivity contribution in [3.63, 3.8) is 0 Å². The zero-order valence-electron chi connectivity index (χ0n) is 19.8. The van der Waals surface area contributed by atoms with Crippen molar-refractivity contribution >= 4 is 11.8 Å². The molecule has 1 aromatic carbocycles. The molecule has 1 aliphatic heterocycles. The van der Waals surface area contributed by atoms with Crippen LogP contribution in [0.1, 0.15) is 38.7 Å². The number of pyridine rings is 1. The number of hydrogen-bond donors (Lipinski definition) is 3. The predicted molar refractivity (Wildman–Crippen MR) is 129 cm³/mol. The second kappa shape index (κ2) is 11.9. The van der Waals surface area contributed by atoms with Crippen molar-refractivity contribution in [1.82, 2.24) is 20.5 Å². The lowest BCUT2D eigenvalue weighted by Crippen LogP contribution is -2.52. The number of carbonyl (C=O) groups is 2. The van der Waals surface area contributed by atoms with Gasteiger partial charge in [-0.1, -0.05) is 38.1 Å². The van der Waals surface area contributed by atoms with Gasteiger partial charge in [-0.15, -0.1) is 0 Å². The number of nitrogens with zero attached hydrogens (tertiary/aromatic N) is 2. The molecular weight excluding hydrogens is 416 g/mol. The molecule has 0 radical (unpaired) electrons. The minimum absolute atomic E-state index is 0.0212. The molecule has 7 heteroatoms. The SMILES string of the molecule is CNC(CC(C)C)C(=O)NC1CCCN(C(=O)Cc2cccc(-c3ccccn3)c2)C[C@@H]1O. The van der Waals surface area contributed by atoms with Gasteiger partial charge in [0.2, 0.25) is 11.8 Å². The van der Waals surface area contributed by atoms with E-state index in [1.165, 1.54) is 0 Å². The smallest absolute Gasteiger partial charge is 0.237 e. The van der Waals surface area contributed by atoms with Gasteiger partial charge >= 0.3 is 0 Å². The van der Waals surface area contributed by atoms with Crippen LogP contribution < -0.4 is 10.6 Å². The molecule has 2 unspecified atom stereocenters. The number of benzene rings is 1. The molecule has 2 heterocycles. The molecule has 2 amide bonds. The molecule has 1 aliphatic rings. The average molecular weight is 453 g/mol. The maximum atomic E-state index is 13.0. The van der Waals surface area contributed by atoms with Crippen molar-refractivity contribution in [2.45, 2.75) is 57.7 Å². The lowest BCUT2D eigenvalue weighted by molar-refractivity contribution is -0.131. The number of likely N-dealkylation sites (tertiary alicyclic amines) is 1. The van der Waals surface area contributed by atoms with E-state index in [0.717, 1.165) is 29.7 Å². The number of aliphatic hydroxyl groups excluding tert-OH is 1. The van der Waals surface area contributed by atoms with Crippen molar-refractivity contribution in [1.29, 1.82) is 0 Å². The molecule has 178 valence electrons. The maximum Gasteiger partial charge on any atom is 0.237 e. The summed E-state index contributed by atoms with van der Waals surface area (Å²) >= 11 is 0. The zero-order valence-corrected chi connectivity index (χ0v) is 19.8. The summed E-state index contributed by atoms with van der Waals surface area (Å²) in [5.41, 5.74) is 2.75. The fourth-order valence-corrected chi connectivity index (χ4v) is 4.30. The van der Waals surface area contributed by atoms with Gasteiger partial charge in [0.25, 0.3) is 0 Å². The van der Waals surface area contributed by atoms with E-state index in [9.17, 15) is 14.7 Å². The molecule has 1 saturated heterocycles. The van der Waals surface area contributed by atoms with Crippen molar-refractivity contribution in [2.24, 2.45) is 5.92 Å². The first-order valence-corrected chi connectivity index (χ1v) is 11.8. The first-order valence-electron chi connectivity index (χ1n) is 11.8. The Morgan fingerprint density at radius 3 is 2.73 bits per heavy atom. The van der Waals surface area contributed by atoms with E-state index in [2.05, 4.69) is 29.5 Å². The van der Waals surface area contributed by atoms with Crippen LogP contribution in [0.5, 0.6) is 0 Å². The van der Waals surface area contributed by atoms with Gasteiger partial charge in [0.1, 0.15) is 0 Å². The molecule has 0 aliphatic carbocycles. The van der Waals surface area contributed by atoms with E-state index in [4.69, 9.17) is 0 Å². The summed E-state index contributed by atoms with van der Waals surface area (Å²) in [5.74, 6) is 0.269. The summed E-state index contributed by atoms with van der Waals surface area (Å²) in [7, 11) is 1.78. The van der Waals surface area contributed by atoms with E-state index in [1.807, 2.05) is 42.5 Å². The molecule has 1 fully saturated rings. The number of rotatable bonds is 8. The van der Waals surface area contributed by atoms with Crippen LogP contribution in [0.25, 0.3) is 11.3 Å². The molecule has 33 heavy (non-hydrogen) atoms. The molecule has 3 rings (SSSR count). The van der Waals surface area contributed by atoms with Crippen LogP contribution in [0.15, 0.2) is 48.7 Å². The first kappa shape index (κ1) is 24.9. The average Bonchev–Trinajstić information content (AvgIpc) is 2.99. The number of nitrogens with one attached hydrogen (secondary N) is 2. The van der Waals surface area contributed by atoms with Crippen LogP contribution in [-0.4, -0.2) is 65.1 Å². The summed E-state index contributed by atoms with van der Waals surface area (Å²) in [6.07, 6.45) is 3.33. The van der Waals surface area contributed by atoms with Gasteiger partial charge in [0.15, 0.2) is 0 Å². The van der Waals surface area contributed by atoms with E-state index in [-0.39, 0.29) is 36.9 Å². The van der Waals surface area contributed by atoms with Gasteiger partial charge < -0.3 is 20.6 Å². The van der Waals surface area contributed by atoms with Crippen molar-refractivity contribution in [2.75, 3.05) is 20.1 Å². The lowest BCUT2D eigenvalue weighted by atomic mass is 10.0. The molecule has 1 aromatic heterocycles. The largest absolute Gasteiger partial charge is 0.389 e. The van der Waals surface area contributed by atoms with Crippen LogP contribution >= 0.6 is 0 Å². The third-order valence-electron chi connectivity index (χ3n) is 6.11. The van der Waals surface area contributed by atoms with Gasteiger partial charge in [0.05, 0.1) is 30.3 Å². The Labute approximate surface area is 196 Å². The Kier molecular flexibility index (Phi) is 8.97. The van der Waals surface area contributed by atoms with E-state index < -0.39 is 6.10 Å². The normalized spacial score (nSPS) is 19.7. The second-order valence-corrected chi connectivity index (χ2v) is 9.23. The minimum atomic E-state index is -0.795. The predicted octanol–water partition coefficient (Wildman–Crippen LogP) is 2.39. The highest BCUT2D eigenvalue weighted by atomic mass is 16.3. The Morgan fingerprint density at radius 1 is 1.21 bits per heavy atom. The lowest BCUT2D eigenvalue weighted by Gasteiger charge is -2.27. The van der Waals surface area contributed by atoms with Crippen molar-refractivity contribution < 1.29 is 14.7 Å². The number of carbonyl (C=O) groups excluding carboxylic acids is 2. The fourth-order valence-electron chi connectivity index (χ4n) is 4.30. The van der Waals surface area contributed by atoms with E-state index in [1.54, 1.807) is 18.1 Å². The molecule has 3 N–H and O–H groups in total. The summed E-state index contributed by atoms with van der Waals surface area (Å²) < 4.78 is 0. The molecule has 2 aromatic rings. The van der Waals surface area contributed by atoms with Crippen LogP contribution in [0, 0.1) is 5.92 Å². The Hall–Kier alpha value is -2.77. The number of aliphatic hydroxyl groups is 1. The van der Waals surface area contributed by atoms with E-state index in [0.29, 0.717) is 18.9 Å². The van der Waals surface area contributed by atoms with Crippen molar-refractivity contribution in [3.8, 4) is 11.3 Å². The number of hydrogen-bond acceptors (Lipinski definition) is 5. The zero-order chi connectivity index (χ0) is 23.8. The summed E-state index contributed by atoms with van der Waals surface area (Å²) in [5, 5.41) is 16.8. The molecular formula is C26H36N4O3. The Balaban J connectivity index is 1.59. The highest BCUT2D eigenvalue weighted by molar-refractivity contribution is 5.82. The fraction of sp³-hybridized carbons (Fsp3) is 0.500. The molecule has 0 saturated carbocycles. The number of β-amino-alcohol motifs (C(OH)–C–C–N with tert-alkyl or cyclic N) is 1. The van der Waals surface area contributed by atoms with Gasteiger partial charge in [0, 0.05) is 24.8 Å². The molecule has 0 spiro atoms. The highest BCUT2D eigenvalue weighted by Gasteiger charge is 2.30. The molecule has 7 nitrogen and oxygen atoms in total. The molecule has 3 atom stereocenters. The standard InChI is InChI=1S/C26H36N4O3/c1-18(2)14-23(27-3)26(33)29-22-11-7-13-30(17-24(22)31)25(32)16-19-8-6-9-20(15-19)21-10-4-5-12-28-21/h4-6,8-10,12,15,18,22-24,27,31H,7,11,13-14,16-17H2,1-3H3,(H,29,33)/t22?,23?,24-/m0/s1. The summed E-state index contributed by atoms with van der Waals surface area (Å²) in [6.45, 7) is 4.95. The van der Waals surface area contributed by atoms with Gasteiger partial charge in [-0.05, 0) is 56.0 Å². The van der Waals surface area contributed by atoms with Crippen LogP contribution in [0.4, 0.5) is 0 Å². The number of likely N-dealkylation sites (N-methyl/N-ethyl adjacent to an activating group) is 1. The quantitative estimate of drug-likeness (QED) is 0.572. The van der Waals surface area contributed by atoms with Gasteiger partial charge in [-0.3, -0.25) is 14.6 Å². The van der Waals surface area contributed by atoms with Crippen LogP contribution in [-0.2, 0) is 16.0 Å². The summed E-state index contributed by atoms with van der Waals surface area (Å²) in [4.78, 5) is 31.8. The van der Waals surface area contributed by atoms with Gasteiger partial charge in [-0.25, -0.2) is 0 Å². The Bertz CT molecular complexity index is 919. The monoisotopic (exact) mass is 452 g/mol. The minimum Gasteiger partial charge on any atom is -0.389 e. The first-order chi connectivity index (χ1) is 15.9. The van der Waals surface area contributed by atoms with Crippen LogP contribution in [0.3, 0.4) is 0 Å². The van der Waals surface area contributed by atoms with Crippen LogP contribution in [0.2, 0.25) is 0 Å². The van der Waals surface area contributed by atoms with Crippen molar-refractivity contribution in [3.05, 3.63) is 54.2 Å². The van der Waals surface area contributed by atoms with Gasteiger partial charge in [-0.2, -0.15) is 0 Å². The third kappa shape index (κ3) is 7.11. The number of aromatic nitrogens is 1.